The molecule has 0 unspecified atom stereocenters. The van der Waals surface area contributed by atoms with Crippen molar-refractivity contribution >= 4 is 17.5 Å². The highest BCUT2D eigenvalue weighted by Gasteiger charge is 2.74. The molecule has 5 rings (SSSR count). The summed E-state index contributed by atoms with van der Waals surface area (Å²) < 4.78 is 17.8. The van der Waals surface area contributed by atoms with Crippen molar-refractivity contribution in [1.82, 2.24) is 0 Å². The highest BCUT2D eigenvalue weighted by molar-refractivity contribution is 5.92. The molecular formula is C24H32O6. The molecule has 0 amide bonds. The largest absolute Gasteiger partial charge is 0.458 e. The maximum absolute atomic E-state index is 13.0. The van der Waals surface area contributed by atoms with Gasteiger partial charge in [-0.3, -0.25) is 14.4 Å². The SMILES string of the molecule is CO[C@H]1O[C@]23CCC4=CC(=O)CC[C@@]41[C@@H]2CC[C@@]1(C)[C@H](C(=O)COC(C)=O)CC[C@@H]13. The van der Waals surface area contributed by atoms with Gasteiger partial charge in [0.05, 0.1) is 5.60 Å². The van der Waals surface area contributed by atoms with Gasteiger partial charge in [0.2, 0.25) is 0 Å². The number of methoxy groups -OCH3 is 1. The number of fused-ring (bicyclic) bond motifs is 1. The molecule has 0 aromatic rings. The summed E-state index contributed by atoms with van der Waals surface area (Å²) >= 11 is 0. The van der Waals surface area contributed by atoms with Gasteiger partial charge >= 0.3 is 5.97 Å². The number of carbonyl (C=O) groups is 3. The van der Waals surface area contributed by atoms with Gasteiger partial charge in [-0.15, -0.1) is 0 Å². The summed E-state index contributed by atoms with van der Waals surface area (Å²) in [7, 11) is 1.72. The molecule has 6 nitrogen and oxygen atoms in total. The first-order chi connectivity index (χ1) is 14.3. The van der Waals surface area contributed by atoms with E-state index in [-0.39, 0.29) is 52.7 Å². The Morgan fingerprint density at radius 3 is 2.67 bits per heavy atom. The van der Waals surface area contributed by atoms with E-state index < -0.39 is 5.97 Å². The third kappa shape index (κ3) is 2.46. The Balaban J connectivity index is 1.50. The van der Waals surface area contributed by atoms with Gasteiger partial charge in [-0.2, -0.15) is 0 Å². The standard InChI is InChI=1S/C24H32O6/c1-14(25)29-13-18(27)17-4-5-19-22(17,2)9-8-20-23-10-7-16(26)12-15(23)6-11-24(19,20)30-21(23)28-3/h12,17,19-21H,4-11,13H2,1-3H3/t17-,19-,20-,21-,22-,23-,24-/m0/s1. The van der Waals surface area contributed by atoms with Crippen LogP contribution in [-0.4, -0.2) is 43.1 Å². The van der Waals surface area contributed by atoms with Crippen LogP contribution in [0, 0.1) is 28.6 Å². The summed E-state index contributed by atoms with van der Waals surface area (Å²) in [5.41, 5.74) is 0.598. The summed E-state index contributed by atoms with van der Waals surface area (Å²) in [5, 5.41) is 0. The molecule has 1 saturated heterocycles. The monoisotopic (exact) mass is 416 g/mol. The maximum Gasteiger partial charge on any atom is 0.303 e. The number of rotatable bonds is 4. The summed E-state index contributed by atoms with van der Waals surface area (Å²) in [6.45, 7) is 3.46. The Morgan fingerprint density at radius 2 is 1.93 bits per heavy atom. The normalized spacial score (nSPS) is 46.5. The van der Waals surface area contributed by atoms with Crippen LogP contribution in [0.5, 0.6) is 0 Å². The molecule has 0 aromatic carbocycles. The highest BCUT2D eigenvalue weighted by Crippen LogP contribution is 2.74. The van der Waals surface area contributed by atoms with Crippen LogP contribution in [0.25, 0.3) is 0 Å². The number of esters is 1. The van der Waals surface area contributed by atoms with Crippen molar-refractivity contribution in [2.75, 3.05) is 13.7 Å². The van der Waals surface area contributed by atoms with Crippen molar-refractivity contribution in [3.63, 3.8) is 0 Å². The third-order valence-electron chi connectivity index (χ3n) is 9.38. The van der Waals surface area contributed by atoms with E-state index in [1.54, 1.807) is 7.11 Å². The molecule has 6 heteroatoms. The molecule has 2 bridgehead atoms. The minimum Gasteiger partial charge on any atom is -0.458 e. The topological polar surface area (TPSA) is 78.9 Å². The van der Waals surface area contributed by atoms with Crippen LogP contribution in [0.1, 0.15) is 65.2 Å². The second-order valence-electron chi connectivity index (χ2n) is 10.3. The van der Waals surface area contributed by atoms with Crippen molar-refractivity contribution < 1.29 is 28.6 Å². The number of hydrogen-bond donors (Lipinski definition) is 0. The summed E-state index contributed by atoms with van der Waals surface area (Å²) in [6.07, 6.45) is 8.41. The Bertz CT molecular complexity index is 832. The lowest BCUT2D eigenvalue weighted by atomic mass is 9.45. The van der Waals surface area contributed by atoms with Crippen LogP contribution in [0.3, 0.4) is 0 Å². The number of carbonyl (C=O) groups excluding carboxylic acids is 3. The van der Waals surface area contributed by atoms with Gasteiger partial charge in [-0.1, -0.05) is 12.5 Å². The number of hydrogen-bond acceptors (Lipinski definition) is 6. The van der Waals surface area contributed by atoms with Crippen molar-refractivity contribution in [3.8, 4) is 0 Å². The molecule has 164 valence electrons. The smallest absolute Gasteiger partial charge is 0.303 e. The molecule has 0 radical (unpaired) electrons. The lowest BCUT2D eigenvalue weighted by Gasteiger charge is -2.58. The van der Waals surface area contributed by atoms with Crippen LogP contribution in [0.4, 0.5) is 0 Å². The summed E-state index contributed by atoms with van der Waals surface area (Å²) in [4.78, 5) is 36.3. The van der Waals surface area contributed by atoms with Crippen molar-refractivity contribution in [2.45, 2.75) is 77.1 Å². The lowest BCUT2D eigenvalue weighted by molar-refractivity contribution is -0.209. The molecule has 3 saturated carbocycles. The molecule has 4 aliphatic carbocycles. The maximum atomic E-state index is 13.0. The molecule has 0 aromatic heterocycles. The minimum absolute atomic E-state index is 0.0423. The Kier molecular flexibility index (Phi) is 4.57. The first-order valence-electron chi connectivity index (χ1n) is 11.4. The summed E-state index contributed by atoms with van der Waals surface area (Å²) in [6, 6.07) is 0. The van der Waals surface area contributed by atoms with Gasteiger partial charge in [-0.25, -0.2) is 0 Å². The zero-order chi connectivity index (χ0) is 21.3. The van der Waals surface area contributed by atoms with Gasteiger partial charge in [0, 0.05) is 37.7 Å². The molecule has 1 heterocycles. The Morgan fingerprint density at radius 1 is 1.13 bits per heavy atom. The molecule has 1 spiro atoms. The zero-order valence-electron chi connectivity index (χ0n) is 18.2. The summed E-state index contributed by atoms with van der Waals surface area (Å²) in [5.74, 6) is 0.383. The highest BCUT2D eigenvalue weighted by atomic mass is 16.7. The van der Waals surface area contributed by atoms with Gasteiger partial charge in [0.1, 0.15) is 6.61 Å². The fourth-order valence-corrected chi connectivity index (χ4v) is 8.32. The van der Waals surface area contributed by atoms with E-state index in [9.17, 15) is 14.4 Å². The predicted molar refractivity (Wildman–Crippen MR) is 107 cm³/mol. The Hall–Kier alpha value is -1.53. The van der Waals surface area contributed by atoms with Crippen molar-refractivity contribution in [2.24, 2.45) is 28.6 Å². The number of ketones is 2. The van der Waals surface area contributed by atoms with Crippen LogP contribution < -0.4 is 0 Å². The second kappa shape index (κ2) is 6.73. The van der Waals surface area contributed by atoms with Gasteiger partial charge in [0.25, 0.3) is 0 Å². The molecule has 5 aliphatic rings. The van der Waals surface area contributed by atoms with Crippen molar-refractivity contribution in [3.05, 3.63) is 11.6 Å². The second-order valence-corrected chi connectivity index (χ2v) is 10.3. The first kappa shape index (κ1) is 20.4. The fourth-order valence-electron chi connectivity index (χ4n) is 8.32. The van der Waals surface area contributed by atoms with E-state index in [0.29, 0.717) is 12.3 Å². The first-order valence-corrected chi connectivity index (χ1v) is 11.4. The third-order valence-corrected chi connectivity index (χ3v) is 9.38. The van der Waals surface area contributed by atoms with Gasteiger partial charge < -0.3 is 14.2 Å². The van der Waals surface area contributed by atoms with E-state index in [4.69, 9.17) is 14.2 Å². The molecule has 1 aliphatic heterocycles. The van der Waals surface area contributed by atoms with Gasteiger partial charge in [0.15, 0.2) is 17.9 Å². The van der Waals surface area contributed by atoms with E-state index in [1.165, 1.54) is 12.5 Å². The number of Topliss-reactive ketones (excluding diaryl/α,β-unsaturated/α-hetero) is 1. The molecule has 30 heavy (non-hydrogen) atoms. The predicted octanol–water partition coefficient (Wildman–Crippen LogP) is 3.37. The molecular weight excluding hydrogens is 384 g/mol. The van der Waals surface area contributed by atoms with Crippen LogP contribution in [0.15, 0.2) is 11.6 Å². The van der Waals surface area contributed by atoms with Crippen LogP contribution in [-0.2, 0) is 28.6 Å². The van der Waals surface area contributed by atoms with E-state index in [2.05, 4.69) is 6.92 Å². The zero-order valence-corrected chi connectivity index (χ0v) is 18.2. The van der Waals surface area contributed by atoms with Crippen LogP contribution >= 0.6 is 0 Å². The Labute approximate surface area is 177 Å². The van der Waals surface area contributed by atoms with E-state index >= 15 is 0 Å². The lowest BCUT2D eigenvalue weighted by Crippen LogP contribution is -2.59. The molecule has 7 atom stereocenters. The number of ether oxygens (including phenoxy) is 3. The quantitative estimate of drug-likeness (QED) is 0.654. The van der Waals surface area contributed by atoms with Gasteiger partial charge in [-0.05, 0) is 62.4 Å². The molecule has 4 fully saturated rings. The molecule has 0 N–H and O–H groups in total. The average Bonchev–Trinajstić information content (AvgIpc) is 3.16. The van der Waals surface area contributed by atoms with Crippen LogP contribution in [0.2, 0.25) is 0 Å². The average molecular weight is 417 g/mol. The minimum atomic E-state index is -0.409. The fraction of sp³-hybridized carbons (Fsp3) is 0.792. The van der Waals surface area contributed by atoms with Crippen molar-refractivity contribution in [1.29, 1.82) is 0 Å². The van der Waals surface area contributed by atoms with E-state index in [0.717, 1.165) is 44.9 Å². The van der Waals surface area contributed by atoms with E-state index in [1.807, 2.05) is 6.08 Å².